The van der Waals surface area contributed by atoms with Gasteiger partial charge < -0.3 is 15.2 Å². The largest absolute Gasteiger partial charge is 0.508 e. The first-order valence-corrected chi connectivity index (χ1v) is 4.26. The number of benzene rings is 1. The molecule has 0 aliphatic heterocycles. The average Bonchev–Trinajstić information content (AvgIpc) is 2.12. The van der Waals surface area contributed by atoms with Crippen LogP contribution in [0.3, 0.4) is 0 Å². The zero-order valence-electron chi connectivity index (χ0n) is 8.00. The monoisotopic (exact) mass is 181 g/mol. The summed E-state index contributed by atoms with van der Waals surface area (Å²) in [4.78, 5) is 0. The van der Waals surface area contributed by atoms with Crippen molar-refractivity contribution in [2.45, 2.75) is 6.92 Å². The average molecular weight is 181 g/mol. The van der Waals surface area contributed by atoms with Crippen molar-refractivity contribution in [2.24, 2.45) is 0 Å². The van der Waals surface area contributed by atoms with E-state index in [0.717, 1.165) is 17.8 Å². The molecule has 0 aliphatic carbocycles. The fourth-order valence-electron chi connectivity index (χ4n) is 1.02. The topological polar surface area (TPSA) is 41.5 Å². The van der Waals surface area contributed by atoms with Gasteiger partial charge in [0.2, 0.25) is 0 Å². The SMILES string of the molecule is COCCNc1ccc(C)c(O)c1. The Morgan fingerprint density at radius 2 is 2.23 bits per heavy atom. The predicted molar refractivity (Wildman–Crippen MR) is 53.2 cm³/mol. The third-order valence-corrected chi connectivity index (χ3v) is 1.84. The van der Waals surface area contributed by atoms with Gasteiger partial charge in [-0.1, -0.05) is 6.07 Å². The Balaban J connectivity index is 2.53. The van der Waals surface area contributed by atoms with E-state index in [9.17, 15) is 5.11 Å². The van der Waals surface area contributed by atoms with E-state index in [2.05, 4.69) is 5.32 Å². The van der Waals surface area contributed by atoms with Crippen LogP contribution in [0.4, 0.5) is 5.69 Å². The molecule has 0 fully saturated rings. The lowest BCUT2D eigenvalue weighted by atomic mass is 10.2. The molecule has 3 nitrogen and oxygen atoms in total. The molecule has 1 aromatic carbocycles. The Bertz CT molecular complexity index is 274. The molecule has 0 amide bonds. The van der Waals surface area contributed by atoms with Gasteiger partial charge in [-0.25, -0.2) is 0 Å². The minimum absolute atomic E-state index is 0.322. The van der Waals surface area contributed by atoms with Gasteiger partial charge in [-0.2, -0.15) is 0 Å². The molecule has 0 saturated carbocycles. The first kappa shape index (κ1) is 9.86. The molecule has 0 spiro atoms. The van der Waals surface area contributed by atoms with Crippen LogP contribution in [0.5, 0.6) is 5.75 Å². The Morgan fingerprint density at radius 1 is 1.46 bits per heavy atom. The highest BCUT2D eigenvalue weighted by Crippen LogP contribution is 2.20. The Morgan fingerprint density at radius 3 is 2.85 bits per heavy atom. The molecule has 0 aliphatic rings. The maximum Gasteiger partial charge on any atom is 0.120 e. The maximum absolute atomic E-state index is 9.39. The van der Waals surface area contributed by atoms with Crippen molar-refractivity contribution >= 4 is 5.69 Å². The van der Waals surface area contributed by atoms with Gasteiger partial charge in [0.15, 0.2) is 0 Å². The number of methoxy groups -OCH3 is 1. The molecule has 1 aromatic rings. The summed E-state index contributed by atoms with van der Waals surface area (Å²) in [6.07, 6.45) is 0. The number of aromatic hydroxyl groups is 1. The molecule has 0 heterocycles. The van der Waals surface area contributed by atoms with Gasteiger partial charge in [0, 0.05) is 25.4 Å². The van der Waals surface area contributed by atoms with Gasteiger partial charge in [0.25, 0.3) is 0 Å². The Labute approximate surface area is 78.3 Å². The number of anilines is 1. The molecule has 0 saturated heterocycles. The lowest BCUT2D eigenvalue weighted by Crippen LogP contribution is -2.07. The minimum atomic E-state index is 0.322. The second-order valence-corrected chi connectivity index (χ2v) is 2.92. The Hall–Kier alpha value is -1.22. The van der Waals surface area contributed by atoms with Gasteiger partial charge in [-0.05, 0) is 18.6 Å². The van der Waals surface area contributed by atoms with E-state index in [1.165, 1.54) is 0 Å². The second kappa shape index (κ2) is 4.72. The van der Waals surface area contributed by atoms with Crippen LogP contribution in [0, 0.1) is 6.92 Å². The molecule has 0 unspecified atom stereocenters. The van der Waals surface area contributed by atoms with E-state index in [1.54, 1.807) is 13.2 Å². The van der Waals surface area contributed by atoms with Gasteiger partial charge in [0.05, 0.1) is 6.61 Å². The Kier molecular flexibility index (Phi) is 3.58. The van der Waals surface area contributed by atoms with Crippen LogP contribution in [0.1, 0.15) is 5.56 Å². The number of hydrogen-bond donors (Lipinski definition) is 2. The number of ether oxygens (including phenoxy) is 1. The summed E-state index contributed by atoms with van der Waals surface area (Å²) in [6, 6.07) is 5.53. The van der Waals surface area contributed by atoms with Crippen LogP contribution in [0.25, 0.3) is 0 Å². The minimum Gasteiger partial charge on any atom is -0.508 e. The van der Waals surface area contributed by atoms with Crippen LogP contribution < -0.4 is 5.32 Å². The highest BCUT2D eigenvalue weighted by molar-refractivity contribution is 5.50. The van der Waals surface area contributed by atoms with Crippen molar-refractivity contribution in [1.82, 2.24) is 0 Å². The third kappa shape index (κ3) is 2.95. The fourth-order valence-corrected chi connectivity index (χ4v) is 1.02. The lowest BCUT2D eigenvalue weighted by Gasteiger charge is -2.06. The summed E-state index contributed by atoms with van der Waals surface area (Å²) in [5.41, 5.74) is 1.80. The smallest absolute Gasteiger partial charge is 0.120 e. The summed E-state index contributed by atoms with van der Waals surface area (Å²) in [5.74, 6) is 0.322. The molecule has 1 rings (SSSR count). The van der Waals surface area contributed by atoms with E-state index >= 15 is 0 Å². The first-order valence-electron chi connectivity index (χ1n) is 4.26. The third-order valence-electron chi connectivity index (χ3n) is 1.84. The quantitative estimate of drug-likeness (QED) is 0.695. The fraction of sp³-hybridized carbons (Fsp3) is 0.400. The van der Waals surface area contributed by atoms with Crippen molar-refractivity contribution in [3.63, 3.8) is 0 Å². The maximum atomic E-state index is 9.39. The van der Waals surface area contributed by atoms with E-state index in [-0.39, 0.29) is 0 Å². The van der Waals surface area contributed by atoms with Gasteiger partial charge in [-0.3, -0.25) is 0 Å². The van der Waals surface area contributed by atoms with Crippen molar-refractivity contribution < 1.29 is 9.84 Å². The molecule has 0 atom stereocenters. The van der Waals surface area contributed by atoms with Crippen molar-refractivity contribution in [2.75, 3.05) is 25.6 Å². The molecule has 72 valence electrons. The van der Waals surface area contributed by atoms with Crippen LogP contribution in [-0.4, -0.2) is 25.4 Å². The number of hydrogen-bond acceptors (Lipinski definition) is 3. The number of rotatable bonds is 4. The van der Waals surface area contributed by atoms with Crippen LogP contribution >= 0.6 is 0 Å². The number of phenolic OH excluding ortho intramolecular Hbond substituents is 1. The zero-order valence-corrected chi connectivity index (χ0v) is 8.00. The standard InChI is InChI=1S/C10H15NO2/c1-8-3-4-9(7-10(8)12)11-5-6-13-2/h3-4,7,11-12H,5-6H2,1-2H3. The van der Waals surface area contributed by atoms with E-state index < -0.39 is 0 Å². The van der Waals surface area contributed by atoms with Crippen molar-refractivity contribution in [1.29, 1.82) is 0 Å². The van der Waals surface area contributed by atoms with E-state index in [4.69, 9.17) is 4.74 Å². The summed E-state index contributed by atoms with van der Waals surface area (Å²) in [6.45, 7) is 3.28. The molecule has 13 heavy (non-hydrogen) atoms. The second-order valence-electron chi connectivity index (χ2n) is 2.92. The van der Waals surface area contributed by atoms with Gasteiger partial charge >= 0.3 is 0 Å². The molecule has 0 bridgehead atoms. The number of phenols is 1. The lowest BCUT2D eigenvalue weighted by molar-refractivity contribution is 0.211. The van der Waals surface area contributed by atoms with Crippen LogP contribution in [0.15, 0.2) is 18.2 Å². The normalized spacial score (nSPS) is 10.0. The summed E-state index contributed by atoms with van der Waals surface area (Å²) >= 11 is 0. The summed E-state index contributed by atoms with van der Waals surface area (Å²) < 4.78 is 4.89. The molecule has 0 aromatic heterocycles. The predicted octanol–water partition coefficient (Wildman–Crippen LogP) is 1.76. The highest BCUT2D eigenvalue weighted by atomic mass is 16.5. The summed E-state index contributed by atoms with van der Waals surface area (Å²) in [5, 5.41) is 12.5. The summed E-state index contributed by atoms with van der Waals surface area (Å²) in [7, 11) is 1.66. The number of nitrogens with one attached hydrogen (secondary N) is 1. The molecular formula is C10H15NO2. The van der Waals surface area contributed by atoms with Crippen molar-refractivity contribution in [3.8, 4) is 5.75 Å². The van der Waals surface area contributed by atoms with E-state index in [0.29, 0.717) is 12.4 Å². The highest BCUT2D eigenvalue weighted by Gasteiger charge is 1.96. The van der Waals surface area contributed by atoms with Crippen LogP contribution in [0.2, 0.25) is 0 Å². The first-order chi connectivity index (χ1) is 6.24. The molecule has 3 heteroatoms. The zero-order chi connectivity index (χ0) is 9.68. The van der Waals surface area contributed by atoms with Crippen LogP contribution in [-0.2, 0) is 4.74 Å². The van der Waals surface area contributed by atoms with Crippen molar-refractivity contribution in [3.05, 3.63) is 23.8 Å². The molecule has 0 radical (unpaired) electrons. The van der Waals surface area contributed by atoms with Gasteiger partial charge in [0.1, 0.15) is 5.75 Å². The molecular weight excluding hydrogens is 166 g/mol. The van der Waals surface area contributed by atoms with E-state index in [1.807, 2.05) is 19.1 Å². The molecule has 2 N–H and O–H groups in total. The number of aryl methyl sites for hydroxylation is 1. The van der Waals surface area contributed by atoms with Gasteiger partial charge in [-0.15, -0.1) is 0 Å².